The molecule has 1 aliphatic carbocycles. The quantitative estimate of drug-likeness (QED) is 0.646. The van der Waals surface area contributed by atoms with Crippen LogP contribution in [0.2, 0.25) is 0 Å². The number of benzene rings is 1. The van der Waals surface area contributed by atoms with Crippen LogP contribution in [0.1, 0.15) is 45.2 Å². The fourth-order valence-corrected chi connectivity index (χ4v) is 2.33. The number of hydrogen-bond acceptors (Lipinski definition) is 4. The molecule has 0 atom stereocenters. The van der Waals surface area contributed by atoms with Crippen LogP contribution in [-0.4, -0.2) is 33.5 Å². The van der Waals surface area contributed by atoms with Gasteiger partial charge in [-0.2, -0.15) is 31.3 Å². The van der Waals surface area contributed by atoms with Crippen molar-refractivity contribution in [3.05, 3.63) is 41.0 Å². The van der Waals surface area contributed by atoms with Gasteiger partial charge < -0.3 is 10.6 Å². The Labute approximate surface area is 158 Å². The lowest BCUT2D eigenvalue weighted by Gasteiger charge is -2.13. The number of nitrogens with zero attached hydrogens (tertiary/aromatic N) is 2. The van der Waals surface area contributed by atoms with Crippen molar-refractivity contribution in [3.63, 3.8) is 0 Å². The van der Waals surface area contributed by atoms with Crippen molar-refractivity contribution in [3.8, 4) is 0 Å². The molecule has 1 saturated carbocycles. The Balaban J connectivity index is 1.83. The highest BCUT2D eigenvalue weighted by Gasteiger charge is 2.36. The number of alkyl halides is 6. The third-order valence-electron chi connectivity index (χ3n) is 3.99. The maximum absolute atomic E-state index is 13.1. The van der Waals surface area contributed by atoms with E-state index >= 15 is 0 Å². The second-order valence-corrected chi connectivity index (χ2v) is 6.41. The van der Waals surface area contributed by atoms with Crippen LogP contribution in [0.15, 0.2) is 18.2 Å². The maximum Gasteiger partial charge on any atom is 0.451 e. The molecule has 3 rings (SSSR count). The van der Waals surface area contributed by atoms with Gasteiger partial charge in [-0.15, -0.1) is 5.10 Å². The molecule has 1 fully saturated rings. The Bertz CT molecular complexity index is 933. The molecule has 0 spiro atoms. The van der Waals surface area contributed by atoms with Crippen LogP contribution in [0, 0.1) is 5.92 Å². The van der Waals surface area contributed by atoms with Crippen LogP contribution in [0.25, 0.3) is 0 Å². The Kier molecular flexibility index (Phi) is 5.24. The van der Waals surface area contributed by atoms with Gasteiger partial charge in [-0.05, 0) is 37.0 Å². The second kappa shape index (κ2) is 7.37. The minimum atomic E-state index is -4.88. The lowest BCUT2D eigenvalue weighted by atomic mass is 10.1. The molecule has 0 unspecified atom stereocenters. The standard InChI is InChI=1S/C16H13F6N5O2/c17-15(18,19)9-3-8(12(28)23-6-7-1-2-7)4-10(5-9)24-13(29)11-25-14(27-26-11)16(20,21)22/h3-5,7H,1-2,6H2,(H,23,28)(H,24,29)(H,25,26,27). The number of anilines is 1. The predicted molar refractivity (Wildman–Crippen MR) is 85.8 cm³/mol. The average molecular weight is 421 g/mol. The van der Waals surface area contributed by atoms with Gasteiger partial charge in [0.1, 0.15) is 0 Å². The first-order valence-corrected chi connectivity index (χ1v) is 8.25. The molecule has 1 aliphatic rings. The normalized spacial score (nSPS) is 14.6. The molecular weight excluding hydrogens is 408 g/mol. The van der Waals surface area contributed by atoms with Gasteiger partial charge in [0.2, 0.25) is 11.6 Å². The number of aromatic nitrogens is 3. The molecule has 2 aromatic rings. The lowest BCUT2D eigenvalue weighted by molar-refractivity contribution is -0.144. The lowest BCUT2D eigenvalue weighted by Crippen LogP contribution is -2.26. The minimum Gasteiger partial charge on any atom is -0.352 e. The zero-order chi connectivity index (χ0) is 21.4. The molecule has 7 nitrogen and oxygen atoms in total. The number of halogens is 6. The first kappa shape index (κ1) is 20.6. The average Bonchev–Trinajstić information content (AvgIpc) is 3.29. The van der Waals surface area contributed by atoms with Crippen molar-refractivity contribution in [2.75, 3.05) is 11.9 Å². The number of H-pyrrole nitrogens is 1. The summed E-state index contributed by atoms with van der Waals surface area (Å²) in [5.41, 5.74) is -2.01. The van der Waals surface area contributed by atoms with Gasteiger partial charge in [0.05, 0.1) is 5.56 Å². The molecule has 0 radical (unpaired) electrons. The monoisotopic (exact) mass is 421 g/mol. The van der Waals surface area contributed by atoms with Crippen molar-refractivity contribution in [1.29, 1.82) is 0 Å². The number of amides is 2. The molecule has 1 heterocycles. The second-order valence-electron chi connectivity index (χ2n) is 6.41. The fourth-order valence-electron chi connectivity index (χ4n) is 2.33. The molecule has 3 N–H and O–H groups in total. The number of carbonyl (C=O) groups is 2. The van der Waals surface area contributed by atoms with Crippen LogP contribution >= 0.6 is 0 Å². The van der Waals surface area contributed by atoms with E-state index in [0.29, 0.717) is 18.7 Å². The summed E-state index contributed by atoms with van der Waals surface area (Å²) in [4.78, 5) is 27.1. The van der Waals surface area contributed by atoms with E-state index in [1.54, 1.807) is 0 Å². The third kappa shape index (κ3) is 5.23. The van der Waals surface area contributed by atoms with Gasteiger partial charge in [0, 0.05) is 17.8 Å². The van der Waals surface area contributed by atoms with E-state index in [9.17, 15) is 35.9 Å². The maximum atomic E-state index is 13.1. The number of aromatic amines is 1. The predicted octanol–water partition coefficient (Wildman–Crippen LogP) is 3.23. The minimum absolute atomic E-state index is 0.289. The van der Waals surface area contributed by atoms with Gasteiger partial charge in [-0.1, -0.05) is 0 Å². The summed E-state index contributed by atoms with van der Waals surface area (Å²) >= 11 is 0. The summed E-state index contributed by atoms with van der Waals surface area (Å²) < 4.78 is 76.9. The molecule has 1 aromatic heterocycles. The Morgan fingerprint density at radius 1 is 1.03 bits per heavy atom. The van der Waals surface area contributed by atoms with Crippen LogP contribution in [0.4, 0.5) is 32.0 Å². The topological polar surface area (TPSA) is 99.8 Å². The Morgan fingerprint density at radius 3 is 2.28 bits per heavy atom. The first-order valence-electron chi connectivity index (χ1n) is 8.25. The van der Waals surface area contributed by atoms with Crippen molar-refractivity contribution >= 4 is 17.5 Å². The van der Waals surface area contributed by atoms with E-state index < -0.39 is 47.1 Å². The summed E-state index contributed by atoms with van der Waals surface area (Å²) in [7, 11) is 0. The molecule has 0 bridgehead atoms. The number of hydrogen-bond donors (Lipinski definition) is 3. The van der Waals surface area contributed by atoms with Gasteiger partial charge in [-0.3, -0.25) is 14.7 Å². The molecule has 1 aromatic carbocycles. The summed E-state index contributed by atoms with van der Waals surface area (Å²) in [6.45, 7) is 0.314. The van der Waals surface area contributed by atoms with Crippen molar-refractivity contribution in [2.24, 2.45) is 5.92 Å². The Morgan fingerprint density at radius 2 is 1.72 bits per heavy atom. The molecule has 0 saturated heterocycles. The van der Waals surface area contributed by atoms with E-state index in [0.717, 1.165) is 18.9 Å². The Hall–Kier alpha value is -3.12. The molecule has 2 amide bonds. The van der Waals surface area contributed by atoms with Crippen LogP contribution < -0.4 is 10.6 Å². The zero-order valence-electron chi connectivity index (χ0n) is 14.4. The molecule has 13 heteroatoms. The van der Waals surface area contributed by atoms with Crippen molar-refractivity contribution in [2.45, 2.75) is 25.2 Å². The third-order valence-corrected chi connectivity index (χ3v) is 3.99. The zero-order valence-corrected chi connectivity index (χ0v) is 14.4. The van der Waals surface area contributed by atoms with Gasteiger partial charge in [0.25, 0.3) is 11.8 Å². The van der Waals surface area contributed by atoms with E-state index in [4.69, 9.17) is 0 Å². The summed E-state index contributed by atoms with van der Waals surface area (Å²) in [6.07, 6.45) is -7.86. The highest BCUT2D eigenvalue weighted by Crippen LogP contribution is 2.32. The highest BCUT2D eigenvalue weighted by molar-refractivity contribution is 6.03. The largest absolute Gasteiger partial charge is 0.451 e. The van der Waals surface area contributed by atoms with Crippen molar-refractivity contribution < 1.29 is 35.9 Å². The van der Waals surface area contributed by atoms with E-state index in [-0.39, 0.29) is 11.5 Å². The summed E-state index contributed by atoms with van der Waals surface area (Å²) in [6, 6.07) is 2.14. The number of carbonyl (C=O) groups excluding carboxylic acids is 2. The number of nitrogens with one attached hydrogen (secondary N) is 3. The van der Waals surface area contributed by atoms with Crippen LogP contribution in [0.3, 0.4) is 0 Å². The van der Waals surface area contributed by atoms with Crippen LogP contribution in [0.5, 0.6) is 0 Å². The van der Waals surface area contributed by atoms with Crippen molar-refractivity contribution in [1.82, 2.24) is 20.5 Å². The molecule has 29 heavy (non-hydrogen) atoms. The van der Waals surface area contributed by atoms with E-state index in [1.165, 1.54) is 5.10 Å². The smallest absolute Gasteiger partial charge is 0.352 e. The molecule has 156 valence electrons. The van der Waals surface area contributed by atoms with E-state index in [1.807, 2.05) is 5.32 Å². The SMILES string of the molecule is O=C(NCC1CC1)c1cc(NC(=O)c2n[nH]c(C(F)(F)F)n2)cc(C(F)(F)F)c1. The highest BCUT2D eigenvalue weighted by atomic mass is 19.4. The summed E-state index contributed by atoms with van der Waals surface area (Å²) in [5, 5.41) is 9.09. The van der Waals surface area contributed by atoms with Crippen LogP contribution in [-0.2, 0) is 12.4 Å². The fraction of sp³-hybridized carbons (Fsp3) is 0.375. The van der Waals surface area contributed by atoms with Gasteiger partial charge in [-0.25, -0.2) is 0 Å². The number of rotatable bonds is 5. The van der Waals surface area contributed by atoms with E-state index in [2.05, 4.69) is 15.4 Å². The van der Waals surface area contributed by atoms with Gasteiger partial charge in [0.15, 0.2) is 0 Å². The molecule has 0 aliphatic heterocycles. The summed E-state index contributed by atoms with van der Waals surface area (Å²) in [5.74, 6) is -4.21. The molecular formula is C16H13F6N5O2. The van der Waals surface area contributed by atoms with Gasteiger partial charge >= 0.3 is 12.4 Å². The first-order chi connectivity index (χ1) is 13.4.